The Morgan fingerprint density at radius 3 is 2.26 bits per heavy atom. The number of nitrogens with zero attached hydrogens (tertiary/aromatic N) is 1. The van der Waals surface area contributed by atoms with Crippen LogP contribution in [0.15, 0.2) is 48.5 Å². The molecule has 0 spiro atoms. The van der Waals surface area contributed by atoms with Crippen molar-refractivity contribution in [3.05, 3.63) is 59.7 Å². The lowest BCUT2D eigenvalue weighted by Crippen LogP contribution is -2.30. The smallest absolute Gasteiger partial charge is 0.338 e. The van der Waals surface area contributed by atoms with Gasteiger partial charge in [0, 0.05) is 25.5 Å². The Bertz CT molecular complexity index is 784. The van der Waals surface area contributed by atoms with Crippen molar-refractivity contribution in [1.29, 1.82) is 0 Å². The highest BCUT2D eigenvalue weighted by atomic mass is 16.5. The molecule has 1 N–H and O–H groups in total. The van der Waals surface area contributed by atoms with E-state index in [1.807, 2.05) is 55.4 Å². The maximum Gasteiger partial charge on any atom is 0.338 e. The highest BCUT2D eigenvalue weighted by molar-refractivity contribution is 5.97. The second-order valence-corrected chi connectivity index (χ2v) is 6.87. The molecule has 5 nitrogen and oxygen atoms in total. The van der Waals surface area contributed by atoms with Gasteiger partial charge in [-0.1, -0.05) is 32.0 Å². The highest BCUT2D eigenvalue weighted by Crippen LogP contribution is 2.26. The van der Waals surface area contributed by atoms with Crippen LogP contribution in [0.5, 0.6) is 0 Å². The molecule has 0 bridgehead atoms. The van der Waals surface area contributed by atoms with Crippen molar-refractivity contribution in [2.75, 3.05) is 24.3 Å². The van der Waals surface area contributed by atoms with Gasteiger partial charge >= 0.3 is 5.97 Å². The van der Waals surface area contributed by atoms with Crippen molar-refractivity contribution in [3.8, 4) is 0 Å². The number of carbonyl (C=O) groups is 2. The molecule has 0 aliphatic carbocycles. The highest BCUT2D eigenvalue weighted by Gasteiger charge is 2.20. The zero-order valence-electron chi connectivity index (χ0n) is 16.7. The molecular weight excluding hydrogens is 340 g/mol. The SMILES string of the molecule is CC[C@@H](C)c1ccccc1NC(=O)[C@@H](C)OC(=O)c1ccc(N(C)C)cc1. The van der Waals surface area contributed by atoms with Gasteiger partial charge < -0.3 is 15.0 Å². The van der Waals surface area contributed by atoms with Crippen LogP contribution in [0.25, 0.3) is 0 Å². The first-order valence-electron chi connectivity index (χ1n) is 9.21. The van der Waals surface area contributed by atoms with Crippen LogP contribution in [0.2, 0.25) is 0 Å². The summed E-state index contributed by atoms with van der Waals surface area (Å²) in [4.78, 5) is 26.7. The maximum atomic E-state index is 12.5. The van der Waals surface area contributed by atoms with E-state index in [0.717, 1.165) is 23.4 Å². The summed E-state index contributed by atoms with van der Waals surface area (Å²) in [6, 6.07) is 14.8. The second-order valence-electron chi connectivity index (χ2n) is 6.87. The number of amides is 1. The number of nitrogens with one attached hydrogen (secondary N) is 1. The minimum atomic E-state index is -0.893. The Hall–Kier alpha value is -2.82. The Balaban J connectivity index is 2.02. The molecule has 1 amide bonds. The minimum absolute atomic E-state index is 0.328. The zero-order chi connectivity index (χ0) is 20.0. The number of hydrogen-bond acceptors (Lipinski definition) is 4. The molecule has 2 aromatic rings. The van der Waals surface area contributed by atoms with E-state index >= 15 is 0 Å². The summed E-state index contributed by atoms with van der Waals surface area (Å²) in [6.45, 7) is 5.80. The van der Waals surface area contributed by atoms with E-state index in [2.05, 4.69) is 19.2 Å². The number of benzene rings is 2. The molecule has 5 heteroatoms. The van der Waals surface area contributed by atoms with Gasteiger partial charge in [-0.25, -0.2) is 4.79 Å². The standard InChI is InChI=1S/C22H28N2O3/c1-6-15(2)19-9-7-8-10-20(19)23-21(25)16(3)27-22(26)17-11-13-18(14-12-17)24(4)5/h7-16H,6H2,1-5H3,(H,23,25)/t15-,16-/m1/s1. The number of esters is 1. The fraction of sp³-hybridized carbons (Fsp3) is 0.364. The van der Waals surface area contributed by atoms with E-state index in [9.17, 15) is 9.59 Å². The third kappa shape index (κ3) is 5.33. The van der Waals surface area contributed by atoms with Crippen molar-refractivity contribution in [2.45, 2.75) is 39.2 Å². The average Bonchev–Trinajstić information content (AvgIpc) is 2.67. The molecule has 0 saturated heterocycles. The molecule has 0 aliphatic heterocycles. The fourth-order valence-electron chi connectivity index (χ4n) is 2.67. The van der Waals surface area contributed by atoms with Crippen LogP contribution >= 0.6 is 0 Å². The fourth-order valence-corrected chi connectivity index (χ4v) is 2.67. The molecule has 0 saturated carbocycles. The molecule has 2 aromatic carbocycles. The van der Waals surface area contributed by atoms with Gasteiger partial charge in [-0.15, -0.1) is 0 Å². The first-order valence-corrected chi connectivity index (χ1v) is 9.21. The monoisotopic (exact) mass is 368 g/mol. The lowest BCUT2D eigenvalue weighted by molar-refractivity contribution is -0.123. The molecule has 2 rings (SSSR count). The average molecular weight is 368 g/mol. The number of anilines is 2. The normalized spacial score (nSPS) is 12.8. The summed E-state index contributed by atoms with van der Waals surface area (Å²) >= 11 is 0. The molecular formula is C22H28N2O3. The topological polar surface area (TPSA) is 58.6 Å². The Labute approximate surface area is 161 Å². The summed E-state index contributed by atoms with van der Waals surface area (Å²) in [5, 5.41) is 2.88. The van der Waals surface area contributed by atoms with Gasteiger partial charge in [0.25, 0.3) is 5.91 Å². The number of hydrogen-bond donors (Lipinski definition) is 1. The number of rotatable bonds is 7. The Kier molecular flexibility index (Phi) is 6.99. The van der Waals surface area contributed by atoms with E-state index < -0.39 is 12.1 Å². The van der Waals surface area contributed by atoms with Gasteiger partial charge in [-0.2, -0.15) is 0 Å². The number of carbonyl (C=O) groups excluding carboxylic acids is 2. The summed E-state index contributed by atoms with van der Waals surface area (Å²) < 4.78 is 5.33. The predicted molar refractivity (Wildman–Crippen MR) is 109 cm³/mol. The first-order chi connectivity index (χ1) is 12.8. The van der Waals surface area contributed by atoms with Crippen LogP contribution in [0, 0.1) is 0 Å². The summed E-state index contributed by atoms with van der Waals surface area (Å²) in [6.07, 6.45) is 0.0800. The van der Waals surface area contributed by atoms with Crippen molar-refractivity contribution < 1.29 is 14.3 Å². The van der Waals surface area contributed by atoms with Crippen molar-refractivity contribution >= 4 is 23.3 Å². The van der Waals surface area contributed by atoms with Gasteiger partial charge in [0.15, 0.2) is 6.10 Å². The van der Waals surface area contributed by atoms with Gasteiger partial charge in [0.05, 0.1) is 5.56 Å². The van der Waals surface area contributed by atoms with Crippen molar-refractivity contribution in [2.24, 2.45) is 0 Å². The largest absolute Gasteiger partial charge is 0.449 e. The van der Waals surface area contributed by atoms with E-state index in [-0.39, 0.29) is 5.91 Å². The Morgan fingerprint density at radius 2 is 1.67 bits per heavy atom. The summed E-state index contributed by atoms with van der Waals surface area (Å²) in [5.41, 5.74) is 3.24. The molecule has 2 atom stereocenters. The lowest BCUT2D eigenvalue weighted by Gasteiger charge is -2.18. The maximum absolute atomic E-state index is 12.5. The van der Waals surface area contributed by atoms with Gasteiger partial charge in [0.1, 0.15) is 0 Å². The van der Waals surface area contributed by atoms with Crippen LogP contribution in [0.3, 0.4) is 0 Å². The third-order valence-electron chi connectivity index (χ3n) is 4.63. The van der Waals surface area contributed by atoms with Crippen LogP contribution in [-0.4, -0.2) is 32.1 Å². The second kappa shape index (κ2) is 9.21. The van der Waals surface area contributed by atoms with Gasteiger partial charge in [0.2, 0.25) is 0 Å². The molecule has 0 aliphatic rings. The zero-order valence-corrected chi connectivity index (χ0v) is 16.7. The number of ether oxygens (including phenoxy) is 1. The molecule has 27 heavy (non-hydrogen) atoms. The molecule has 0 fully saturated rings. The molecule has 0 heterocycles. The lowest BCUT2D eigenvalue weighted by atomic mass is 9.97. The van der Waals surface area contributed by atoms with Gasteiger partial charge in [-0.05, 0) is 55.2 Å². The first kappa shape index (κ1) is 20.5. The van der Waals surface area contributed by atoms with E-state index in [4.69, 9.17) is 4.74 Å². The third-order valence-corrected chi connectivity index (χ3v) is 4.63. The molecule has 144 valence electrons. The minimum Gasteiger partial charge on any atom is -0.449 e. The van der Waals surface area contributed by atoms with E-state index in [1.54, 1.807) is 19.1 Å². The molecule has 0 unspecified atom stereocenters. The van der Waals surface area contributed by atoms with Crippen molar-refractivity contribution in [1.82, 2.24) is 0 Å². The van der Waals surface area contributed by atoms with Crippen LogP contribution in [0.4, 0.5) is 11.4 Å². The van der Waals surface area contributed by atoms with Crippen molar-refractivity contribution in [3.63, 3.8) is 0 Å². The number of para-hydroxylation sites is 1. The van der Waals surface area contributed by atoms with E-state index in [0.29, 0.717) is 11.5 Å². The molecule has 0 aromatic heterocycles. The van der Waals surface area contributed by atoms with Crippen LogP contribution in [-0.2, 0) is 9.53 Å². The Morgan fingerprint density at radius 1 is 1.04 bits per heavy atom. The predicted octanol–water partition coefficient (Wildman–Crippen LogP) is 4.45. The van der Waals surface area contributed by atoms with E-state index in [1.165, 1.54) is 0 Å². The van der Waals surface area contributed by atoms with Crippen LogP contribution < -0.4 is 10.2 Å². The summed E-state index contributed by atoms with van der Waals surface area (Å²) in [7, 11) is 3.86. The molecule has 0 radical (unpaired) electrons. The van der Waals surface area contributed by atoms with Gasteiger partial charge in [-0.3, -0.25) is 4.79 Å². The summed E-state index contributed by atoms with van der Waals surface area (Å²) in [5.74, 6) is -0.531. The quantitative estimate of drug-likeness (QED) is 0.734. The van der Waals surface area contributed by atoms with Crippen LogP contribution in [0.1, 0.15) is 49.0 Å².